The van der Waals surface area contributed by atoms with E-state index in [2.05, 4.69) is 4.90 Å². The minimum Gasteiger partial charge on any atom is -0.379 e. The van der Waals surface area contributed by atoms with E-state index in [1.54, 1.807) is 19.1 Å². The molecule has 2 aliphatic heterocycles. The van der Waals surface area contributed by atoms with Crippen molar-refractivity contribution in [1.29, 1.82) is 0 Å². The van der Waals surface area contributed by atoms with E-state index in [9.17, 15) is 16.8 Å². The van der Waals surface area contributed by atoms with Crippen molar-refractivity contribution in [2.24, 2.45) is 0 Å². The summed E-state index contributed by atoms with van der Waals surface area (Å²) >= 11 is 0. The maximum atomic E-state index is 13.5. The van der Waals surface area contributed by atoms with Gasteiger partial charge in [0.05, 0.1) is 29.6 Å². The van der Waals surface area contributed by atoms with Gasteiger partial charge in [0.15, 0.2) is 9.84 Å². The summed E-state index contributed by atoms with van der Waals surface area (Å²) < 4.78 is 57.8. The number of hydrogen-bond donors (Lipinski definition) is 0. The third-order valence-electron chi connectivity index (χ3n) is 5.50. The Morgan fingerprint density at radius 2 is 1.93 bits per heavy atom. The molecule has 0 aliphatic carbocycles. The lowest BCUT2D eigenvalue weighted by Gasteiger charge is -2.30. The fourth-order valence-corrected chi connectivity index (χ4v) is 7.72. The summed E-state index contributed by atoms with van der Waals surface area (Å²) in [5.74, 6) is -0.0331. The molecule has 1 aromatic carbocycles. The Kier molecular flexibility index (Phi) is 6.81. The van der Waals surface area contributed by atoms with Gasteiger partial charge in [0, 0.05) is 25.7 Å². The van der Waals surface area contributed by atoms with Crippen LogP contribution in [0.3, 0.4) is 0 Å². The Morgan fingerprint density at radius 1 is 1.21 bits per heavy atom. The normalized spacial score (nSPS) is 23.3. The van der Waals surface area contributed by atoms with Gasteiger partial charge in [-0.3, -0.25) is 4.90 Å². The molecule has 1 aromatic rings. The van der Waals surface area contributed by atoms with Crippen LogP contribution in [0.4, 0.5) is 0 Å². The standard InChI is InChI=1S/C19H30N2O5S2/c1-16-4-5-17(2)19(14-16)28(24,25)21(18-6-13-27(22,23)15-18)8-3-7-20-9-11-26-12-10-20/h4-5,14,18H,3,6-13,15H2,1-2H3/t18-/m1/s1. The molecule has 2 fully saturated rings. The van der Waals surface area contributed by atoms with Gasteiger partial charge in [-0.15, -0.1) is 0 Å². The van der Waals surface area contributed by atoms with Crippen molar-refractivity contribution in [2.45, 2.75) is 37.6 Å². The molecule has 0 unspecified atom stereocenters. The molecule has 0 amide bonds. The number of morpholine rings is 1. The van der Waals surface area contributed by atoms with Crippen LogP contribution in [0.15, 0.2) is 23.1 Å². The predicted molar refractivity (Wildman–Crippen MR) is 109 cm³/mol. The first kappa shape index (κ1) is 21.7. The number of sulfonamides is 1. The number of rotatable bonds is 7. The zero-order chi connectivity index (χ0) is 20.4. The summed E-state index contributed by atoms with van der Waals surface area (Å²) in [4.78, 5) is 2.54. The van der Waals surface area contributed by atoms with E-state index in [-0.39, 0.29) is 16.4 Å². The van der Waals surface area contributed by atoms with Gasteiger partial charge in [-0.2, -0.15) is 4.31 Å². The van der Waals surface area contributed by atoms with Crippen molar-refractivity contribution < 1.29 is 21.6 Å². The molecule has 0 N–H and O–H groups in total. The minimum absolute atomic E-state index is 0.0555. The molecule has 0 aromatic heterocycles. The van der Waals surface area contributed by atoms with Gasteiger partial charge in [-0.25, -0.2) is 16.8 Å². The molecule has 0 saturated carbocycles. The molecule has 7 nitrogen and oxygen atoms in total. The zero-order valence-corrected chi connectivity index (χ0v) is 18.3. The summed E-state index contributed by atoms with van der Waals surface area (Å²) in [6.07, 6.45) is 1.03. The Balaban J connectivity index is 1.81. The van der Waals surface area contributed by atoms with Gasteiger partial charge in [-0.1, -0.05) is 12.1 Å². The topological polar surface area (TPSA) is 84.0 Å². The van der Waals surface area contributed by atoms with Crippen LogP contribution in [0.5, 0.6) is 0 Å². The van der Waals surface area contributed by atoms with Gasteiger partial charge in [0.2, 0.25) is 10.0 Å². The highest BCUT2D eigenvalue weighted by Gasteiger charge is 2.39. The van der Waals surface area contributed by atoms with Crippen LogP contribution in [0.25, 0.3) is 0 Å². The second-order valence-corrected chi connectivity index (χ2v) is 11.8. The number of ether oxygens (including phenoxy) is 1. The highest BCUT2D eigenvalue weighted by atomic mass is 32.2. The fourth-order valence-electron chi connectivity index (χ4n) is 3.89. The zero-order valence-electron chi connectivity index (χ0n) is 16.6. The molecule has 2 saturated heterocycles. The summed E-state index contributed by atoms with van der Waals surface area (Å²) in [6.45, 7) is 7.85. The van der Waals surface area contributed by atoms with Gasteiger partial charge < -0.3 is 4.74 Å². The monoisotopic (exact) mass is 430 g/mol. The summed E-state index contributed by atoms with van der Waals surface area (Å²) in [5.41, 5.74) is 1.56. The van der Waals surface area contributed by atoms with Crippen molar-refractivity contribution in [3.63, 3.8) is 0 Å². The summed E-state index contributed by atoms with van der Waals surface area (Å²) in [5, 5.41) is 0. The molecular formula is C19H30N2O5S2. The van der Waals surface area contributed by atoms with E-state index in [1.807, 2.05) is 13.0 Å². The maximum Gasteiger partial charge on any atom is 0.243 e. The van der Waals surface area contributed by atoms with Crippen molar-refractivity contribution >= 4 is 19.9 Å². The number of nitrogens with zero attached hydrogens (tertiary/aromatic N) is 2. The van der Waals surface area contributed by atoms with Gasteiger partial charge in [0.1, 0.15) is 0 Å². The quantitative estimate of drug-likeness (QED) is 0.646. The number of hydrogen-bond acceptors (Lipinski definition) is 6. The van der Waals surface area contributed by atoms with Gasteiger partial charge >= 0.3 is 0 Å². The highest BCUT2D eigenvalue weighted by molar-refractivity contribution is 7.92. The van der Waals surface area contributed by atoms with E-state index in [0.717, 1.165) is 25.2 Å². The molecule has 2 heterocycles. The SMILES string of the molecule is Cc1ccc(C)c(S(=O)(=O)N(CCCN2CCOCC2)[C@@H]2CCS(=O)(=O)C2)c1. The van der Waals surface area contributed by atoms with E-state index >= 15 is 0 Å². The fraction of sp³-hybridized carbons (Fsp3) is 0.684. The number of aryl methyl sites for hydroxylation is 2. The maximum absolute atomic E-state index is 13.5. The first-order valence-electron chi connectivity index (χ1n) is 9.79. The molecule has 0 spiro atoms. The Labute approximate surface area is 168 Å². The van der Waals surface area contributed by atoms with Crippen molar-refractivity contribution in [2.75, 3.05) is 50.9 Å². The first-order valence-corrected chi connectivity index (χ1v) is 13.0. The van der Waals surface area contributed by atoms with Crippen molar-refractivity contribution in [3.05, 3.63) is 29.3 Å². The molecule has 158 valence electrons. The molecule has 1 atom stereocenters. The van der Waals surface area contributed by atoms with Crippen LogP contribution in [-0.2, 0) is 24.6 Å². The van der Waals surface area contributed by atoms with Crippen LogP contribution in [0.1, 0.15) is 24.0 Å². The molecule has 3 rings (SSSR count). The third-order valence-corrected chi connectivity index (χ3v) is 9.35. The molecule has 0 radical (unpaired) electrons. The molecule has 9 heteroatoms. The van der Waals surface area contributed by atoms with Crippen LogP contribution in [0, 0.1) is 13.8 Å². The highest BCUT2D eigenvalue weighted by Crippen LogP contribution is 2.27. The first-order chi connectivity index (χ1) is 13.2. The van der Waals surface area contributed by atoms with Crippen LogP contribution in [-0.4, -0.2) is 83.0 Å². The second-order valence-electron chi connectivity index (χ2n) is 7.75. The van der Waals surface area contributed by atoms with Gasteiger partial charge in [-0.05, 0) is 50.4 Å². The lowest BCUT2D eigenvalue weighted by Crippen LogP contribution is -2.43. The number of benzene rings is 1. The molecular weight excluding hydrogens is 400 g/mol. The average Bonchev–Trinajstić information content (AvgIpc) is 3.00. The molecule has 28 heavy (non-hydrogen) atoms. The molecule has 0 bridgehead atoms. The Bertz CT molecular complexity index is 893. The third kappa shape index (κ3) is 5.13. The van der Waals surface area contributed by atoms with Crippen LogP contribution >= 0.6 is 0 Å². The Hall–Kier alpha value is -1.00. The van der Waals surface area contributed by atoms with E-state index in [0.29, 0.717) is 38.2 Å². The smallest absolute Gasteiger partial charge is 0.243 e. The van der Waals surface area contributed by atoms with E-state index in [1.165, 1.54) is 4.31 Å². The summed E-state index contributed by atoms with van der Waals surface area (Å²) in [7, 11) is -6.94. The summed E-state index contributed by atoms with van der Waals surface area (Å²) in [6, 6.07) is 4.89. The van der Waals surface area contributed by atoms with Crippen LogP contribution in [0.2, 0.25) is 0 Å². The van der Waals surface area contributed by atoms with Crippen molar-refractivity contribution in [1.82, 2.24) is 9.21 Å². The van der Waals surface area contributed by atoms with E-state index in [4.69, 9.17) is 4.74 Å². The minimum atomic E-state index is -3.77. The largest absolute Gasteiger partial charge is 0.379 e. The second kappa shape index (κ2) is 8.79. The Morgan fingerprint density at radius 3 is 2.57 bits per heavy atom. The average molecular weight is 431 g/mol. The lowest BCUT2D eigenvalue weighted by molar-refractivity contribution is 0.0367. The van der Waals surface area contributed by atoms with Crippen molar-refractivity contribution in [3.8, 4) is 0 Å². The van der Waals surface area contributed by atoms with Crippen LogP contribution < -0.4 is 0 Å². The number of sulfone groups is 1. The lowest BCUT2D eigenvalue weighted by atomic mass is 10.2. The predicted octanol–water partition coefficient (Wildman–Crippen LogP) is 1.20. The molecule has 2 aliphatic rings. The van der Waals surface area contributed by atoms with Gasteiger partial charge in [0.25, 0.3) is 0 Å². The van der Waals surface area contributed by atoms with E-state index < -0.39 is 25.9 Å².